The summed E-state index contributed by atoms with van der Waals surface area (Å²) in [6, 6.07) is 0. The molecule has 0 aromatic carbocycles. The first-order valence-electron chi connectivity index (χ1n) is 4.75. The molecule has 88 valence electrons. The Morgan fingerprint density at radius 2 is 2.07 bits per heavy atom. The van der Waals surface area contributed by atoms with Gasteiger partial charge in [-0.25, -0.2) is 0 Å². The fourth-order valence-corrected chi connectivity index (χ4v) is 1.52. The lowest BCUT2D eigenvalue weighted by atomic mass is 10.3. The van der Waals surface area contributed by atoms with Crippen LogP contribution in [0.5, 0.6) is 0 Å². The fourth-order valence-electron chi connectivity index (χ4n) is 0.948. The summed E-state index contributed by atoms with van der Waals surface area (Å²) in [4.78, 5) is 5.89. The molecule has 0 radical (unpaired) electrons. The molecule has 0 heterocycles. The molecule has 0 aromatic rings. The largest absolute Gasteiger partial charge is 0.343 e. The molecule has 5 nitrogen and oxygen atoms in total. The van der Waals surface area contributed by atoms with E-state index in [4.69, 9.17) is 4.55 Å². The van der Waals surface area contributed by atoms with Gasteiger partial charge in [0.1, 0.15) is 0 Å². The van der Waals surface area contributed by atoms with E-state index < -0.39 is 10.1 Å². The van der Waals surface area contributed by atoms with Crippen LogP contribution in [0.25, 0.3) is 0 Å². The Bertz CT molecular complexity index is 309. The van der Waals surface area contributed by atoms with Crippen molar-refractivity contribution in [3.8, 4) is 0 Å². The predicted octanol–water partition coefficient (Wildman–Crippen LogP) is 1.15. The maximum Gasteiger partial charge on any atom is 0.264 e. The van der Waals surface area contributed by atoms with Crippen molar-refractivity contribution in [3.63, 3.8) is 0 Å². The van der Waals surface area contributed by atoms with Crippen molar-refractivity contribution in [3.05, 3.63) is 12.3 Å². The highest BCUT2D eigenvalue weighted by Crippen LogP contribution is 1.94. The van der Waals surface area contributed by atoms with Crippen LogP contribution in [0.2, 0.25) is 0 Å². The summed E-state index contributed by atoms with van der Waals surface area (Å²) < 4.78 is 29.2. The number of aliphatic imine (C=N–C) groups is 1. The Kier molecular flexibility index (Phi) is 6.98. The van der Waals surface area contributed by atoms with Gasteiger partial charge in [-0.2, -0.15) is 8.42 Å². The van der Waals surface area contributed by atoms with Crippen LogP contribution < -0.4 is 0 Å². The number of allylic oxidation sites excluding steroid dienone is 1. The van der Waals surface area contributed by atoms with Gasteiger partial charge in [-0.15, -0.1) is 0 Å². The molecule has 1 N–H and O–H groups in total. The van der Waals surface area contributed by atoms with Gasteiger partial charge in [-0.05, 0) is 19.8 Å². The van der Waals surface area contributed by atoms with Crippen molar-refractivity contribution in [2.45, 2.75) is 19.8 Å². The van der Waals surface area contributed by atoms with E-state index in [2.05, 4.69) is 4.99 Å². The van der Waals surface area contributed by atoms with E-state index in [0.717, 1.165) is 0 Å². The SMILES string of the molecule is C/C=C\N(C)/C=N/CCCCS(=O)(=O)O. The molecule has 0 atom stereocenters. The molecule has 0 saturated carbocycles. The normalized spacial score (nSPS) is 12.7. The first-order chi connectivity index (χ1) is 6.95. The van der Waals surface area contributed by atoms with Crippen LogP contribution in [-0.4, -0.2) is 43.6 Å². The number of nitrogens with zero attached hydrogens (tertiary/aromatic N) is 2. The molecule has 0 bridgehead atoms. The average molecular weight is 234 g/mol. The van der Waals surface area contributed by atoms with Gasteiger partial charge in [0.15, 0.2) is 0 Å². The Morgan fingerprint density at radius 1 is 1.40 bits per heavy atom. The number of unbranched alkanes of at least 4 members (excludes halogenated alkanes) is 1. The van der Waals surface area contributed by atoms with E-state index in [1.807, 2.05) is 31.1 Å². The van der Waals surface area contributed by atoms with Crippen molar-refractivity contribution < 1.29 is 13.0 Å². The molecule has 0 saturated heterocycles. The standard InChI is InChI=1S/C9H18N2O3S/c1-3-7-11(2)9-10-6-4-5-8-15(12,13)14/h3,7,9H,4-6,8H2,1-2H3,(H,12,13,14)/b7-3-,10-9+. The molecular weight excluding hydrogens is 216 g/mol. The van der Waals surface area contributed by atoms with E-state index in [-0.39, 0.29) is 5.75 Å². The average Bonchev–Trinajstić information content (AvgIpc) is 2.09. The summed E-state index contributed by atoms with van der Waals surface area (Å²) in [6.07, 6.45) is 6.52. The molecule has 0 aliphatic carbocycles. The van der Waals surface area contributed by atoms with Gasteiger partial charge in [0, 0.05) is 19.8 Å². The van der Waals surface area contributed by atoms with E-state index in [0.29, 0.717) is 19.4 Å². The van der Waals surface area contributed by atoms with Gasteiger partial charge in [0.05, 0.1) is 12.1 Å². The highest BCUT2D eigenvalue weighted by molar-refractivity contribution is 7.85. The van der Waals surface area contributed by atoms with Crippen LogP contribution in [0.4, 0.5) is 0 Å². The van der Waals surface area contributed by atoms with Crippen LogP contribution in [-0.2, 0) is 10.1 Å². The highest BCUT2D eigenvalue weighted by Gasteiger charge is 2.02. The van der Waals surface area contributed by atoms with Crippen molar-refractivity contribution >= 4 is 16.5 Å². The molecule has 0 rings (SSSR count). The van der Waals surface area contributed by atoms with E-state index in [9.17, 15) is 8.42 Å². The second kappa shape index (κ2) is 7.42. The lowest BCUT2D eigenvalue weighted by molar-refractivity contribution is 0.480. The van der Waals surface area contributed by atoms with Crippen LogP contribution in [0.3, 0.4) is 0 Å². The zero-order chi connectivity index (χ0) is 11.7. The summed E-state index contributed by atoms with van der Waals surface area (Å²) in [5.41, 5.74) is 0. The lowest BCUT2D eigenvalue weighted by Crippen LogP contribution is -2.07. The minimum Gasteiger partial charge on any atom is -0.343 e. The third-order valence-corrected chi connectivity index (χ3v) is 2.39. The molecule has 6 heteroatoms. The van der Waals surface area contributed by atoms with Gasteiger partial charge < -0.3 is 4.90 Å². The number of hydrogen-bond donors (Lipinski definition) is 1. The zero-order valence-corrected chi connectivity index (χ0v) is 9.94. The molecule has 0 fully saturated rings. The molecule has 0 aliphatic rings. The third-order valence-electron chi connectivity index (χ3n) is 1.59. The van der Waals surface area contributed by atoms with Crippen LogP contribution in [0.15, 0.2) is 17.3 Å². The summed E-state index contributed by atoms with van der Waals surface area (Å²) in [6.45, 7) is 2.48. The Morgan fingerprint density at radius 3 is 2.60 bits per heavy atom. The van der Waals surface area contributed by atoms with Crippen molar-refractivity contribution in [2.75, 3.05) is 19.3 Å². The predicted molar refractivity (Wildman–Crippen MR) is 61.6 cm³/mol. The Labute approximate surface area is 91.3 Å². The van der Waals surface area contributed by atoms with Gasteiger partial charge in [0.25, 0.3) is 10.1 Å². The Balaban J connectivity index is 3.55. The summed E-state index contributed by atoms with van der Waals surface area (Å²) >= 11 is 0. The van der Waals surface area contributed by atoms with Crippen molar-refractivity contribution in [2.24, 2.45) is 4.99 Å². The van der Waals surface area contributed by atoms with E-state index in [1.54, 1.807) is 6.34 Å². The molecule has 0 aromatic heterocycles. The zero-order valence-electron chi connectivity index (χ0n) is 9.13. The molecule has 0 aliphatic heterocycles. The van der Waals surface area contributed by atoms with Crippen molar-refractivity contribution in [1.82, 2.24) is 4.90 Å². The number of rotatable bonds is 7. The maximum absolute atomic E-state index is 10.4. The molecular formula is C9H18N2O3S. The molecule has 0 spiro atoms. The lowest BCUT2D eigenvalue weighted by Gasteiger charge is -2.04. The van der Waals surface area contributed by atoms with Crippen LogP contribution in [0.1, 0.15) is 19.8 Å². The minimum absolute atomic E-state index is 0.187. The summed E-state index contributed by atoms with van der Waals surface area (Å²) in [5, 5.41) is 0. The number of hydrogen-bond acceptors (Lipinski definition) is 3. The molecule has 0 unspecified atom stereocenters. The second-order valence-electron chi connectivity index (χ2n) is 3.16. The van der Waals surface area contributed by atoms with Gasteiger partial charge >= 0.3 is 0 Å². The van der Waals surface area contributed by atoms with Gasteiger partial charge in [-0.3, -0.25) is 9.55 Å². The maximum atomic E-state index is 10.4. The quantitative estimate of drug-likeness (QED) is 0.310. The third kappa shape index (κ3) is 11.0. The van der Waals surface area contributed by atoms with Gasteiger partial charge in [0.2, 0.25) is 0 Å². The first kappa shape index (κ1) is 14.1. The monoisotopic (exact) mass is 234 g/mol. The smallest absolute Gasteiger partial charge is 0.264 e. The van der Waals surface area contributed by atoms with E-state index >= 15 is 0 Å². The fraction of sp³-hybridized carbons (Fsp3) is 0.667. The Hall–Kier alpha value is -0.880. The topological polar surface area (TPSA) is 70.0 Å². The minimum atomic E-state index is -3.81. The van der Waals surface area contributed by atoms with Crippen molar-refractivity contribution in [1.29, 1.82) is 0 Å². The van der Waals surface area contributed by atoms with Crippen LogP contribution in [0, 0.1) is 0 Å². The molecule has 0 amide bonds. The summed E-state index contributed by atoms with van der Waals surface area (Å²) in [5.74, 6) is -0.187. The van der Waals surface area contributed by atoms with E-state index in [1.165, 1.54) is 0 Å². The van der Waals surface area contributed by atoms with Gasteiger partial charge in [-0.1, -0.05) is 6.08 Å². The second-order valence-corrected chi connectivity index (χ2v) is 4.73. The highest BCUT2D eigenvalue weighted by atomic mass is 32.2. The van der Waals surface area contributed by atoms with Crippen LogP contribution >= 0.6 is 0 Å². The summed E-state index contributed by atoms with van der Waals surface area (Å²) in [7, 11) is -1.95. The molecule has 15 heavy (non-hydrogen) atoms. The first-order valence-corrected chi connectivity index (χ1v) is 6.36.